The quantitative estimate of drug-likeness (QED) is 0.652. The molecule has 0 aromatic carbocycles. The van der Waals surface area contributed by atoms with E-state index in [2.05, 4.69) is 25.1 Å². The number of nitrogens with zero attached hydrogens (tertiary/aromatic N) is 2. The van der Waals surface area contributed by atoms with Crippen LogP contribution in [0.3, 0.4) is 0 Å². The van der Waals surface area contributed by atoms with Crippen LogP contribution in [-0.2, 0) is 13.0 Å². The second-order valence-corrected chi connectivity index (χ2v) is 4.60. The van der Waals surface area contributed by atoms with Crippen molar-refractivity contribution in [3.63, 3.8) is 0 Å². The zero-order valence-corrected chi connectivity index (χ0v) is 10.5. The fourth-order valence-electron chi connectivity index (χ4n) is 1.69. The Kier molecular flexibility index (Phi) is 5.77. The van der Waals surface area contributed by atoms with E-state index in [0.29, 0.717) is 5.38 Å². The smallest absolute Gasteiger partial charge is 0.0521 e. The molecule has 0 aliphatic carbocycles. The second kappa shape index (κ2) is 6.89. The molecule has 1 unspecified atom stereocenters. The first-order valence-electron chi connectivity index (χ1n) is 5.91. The van der Waals surface area contributed by atoms with Crippen LogP contribution in [0, 0.1) is 0 Å². The first-order chi connectivity index (χ1) is 7.26. The average Bonchev–Trinajstić information content (AvgIpc) is 2.66. The number of aryl methyl sites for hydroxylation is 2. The molecule has 86 valence electrons. The Bertz CT molecular complexity index is 270. The summed E-state index contributed by atoms with van der Waals surface area (Å²) in [6.45, 7) is 5.24. The topological polar surface area (TPSA) is 17.8 Å². The highest BCUT2D eigenvalue weighted by Crippen LogP contribution is 2.14. The molecule has 1 atom stereocenters. The van der Waals surface area contributed by atoms with Crippen LogP contribution in [0.15, 0.2) is 12.4 Å². The Morgan fingerprint density at radius 1 is 1.40 bits per heavy atom. The predicted molar refractivity (Wildman–Crippen MR) is 65.4 cm³/mol. The van der Waals surface area contributed by atoms with E-state index < -0.39 is 0 Å². The van der Waals surface area contributed by atoms with Gasteiger partial charge in [0, 0.05) is 18.1 Å². The summed E-state index contributed by atoms with van der Waals surface area (Å²) in [5, 5.41) is 4.61. The van der Waals surface area contributed by atoms with Crippen molar-refractivity contribution in [2.75, 3.05) is 0 Å². The molecule has 1 heterocycles. The van der Waals surface area contributed by atoms with Gasteiger partial charge in [-0.25, -0.2) is 0 Å². The van der Waals surface area contributed by atoms with Gasteiger partial charge in [-0.3, -0.25) is 4.68 Å². The largest absolute Gasteiger partial charge is 0.273 e. The standard InChI is InChI=1S/C12H21ClN2/c1-3-6-12(13)8-5-7-11-9-14-15(4-2)10-11/h9-10,12H,3-8H2,1-2H3. The molecule has 2 nitrogen and oxygen atoms in total. The molecule has 0 fully saturated rings. The predicted octanol–water partition coefficient (Wildman–Crippen LogP) is 3.63. The van der Waals surface area contributed by atoms with Crippen LogP contribution >= 0.6 is 11.6 Å². The fourth-order valence-corrected chi connectivity index (χ4v) is 2.07. The van der Waals surface area contributed by atoms with Crippen molar-refractivity contribution in [3.8, 4) is 0 Å². The van der Waals surface area contributed by atoms with Gasteiger partial charge in [0.1, 0.15) is 0 Å². The number of alkyl halides is 1. The first-order valence-corrected chi connectivity index (χ1v) is 6.35. The minimum atomic E-state index is 0.358. The molecule has 0 bridgehead atoms. The first kappa shape index (κ1) is 12.6. The highest BCUT2D eigenvalue weighted by Gasteiger charge is 2.03. The van der Waals surface area contributed by atoms with Crippen LogP contribution in [0.5, 0.6) is 0 Å². The van der Waals surface area contributed by atoms with Gasteiger partial charge in [-0.1, -0.05) is 13.3 Å². The van der Waals surface area contributed by atoms with Crippen molar-refractivity contribution in [2.24, 2.45) is 0 Å². The van der Waals surface area contributed by atoms with Crippen LogP contribution in [0.1, 0.15) is 45.1 Å². The van der Waals surface area contributed by atoms with Crippen LogP contribution in [-0.4, -0.2) is 15.2 Å². The summed E-state index contributed by atoms with van der Waals surface area (Å²) in [6, 6.07) is 0. The van der Waals surface area contributed by atoms with Crippen LogP contribution in [0.25, 0.3) is 0 Å². The molecule has 1 rings (SSSR count). The Labute approximate surface area is 97.6 Å². The van der Waals surface area contributed by atoms with Crippen LogP contribution in [0.4, 0.5) is 0 Å². The minimum Gasteiger partial charge on any atom is -0.273 e. The molecule has 0 N–H and O–H groups in total. The van der Waals surface area contributed by atoms with Gasteiger partial charge in [0.2, 0.25) is 0 Å². The zero-order valence-electron chi connectivity index (χ0n) is 9.75. The number of halogens is 1. The molecule has 0 aliphatic rings. The number of hydrogen-bond donors (Lipinski definition) is 0. The third-order valence-electron chi connectivity index (χ3n) is 2.60. The van der Waals surface area contributed by atoms with E-state index in [-0.39, 0.29) is 0 Å². The summed E-state index contributed by atoms with van der Waals surface area (Å²) in [4.78, 5) is 0. The average molecular weight is 229 g/mol. The minimum absolute atomic E-state index is 0.358. The van der Waals surface area contributed by atoms with Crippen molar-refractivity contribution < 1.29 is 0 Å². The summed E-state index contributed by atoms with van der Waals surface area (Å²) in [5.74, 6) is 0. The zero-order chi connectivity index (χ0) is 11.1. The van der Waals surface area contributed by atoms with Crippen molar-refractivity contribution >= 4 is 11.6 Å². The highest BCUT2D eigenvalue weighted by molar-refractivity contribution is 6.20. The van der Waals surface area contributed by atoms with Gasteiger partial charge >= 0.3 is 0 Å². The van der Waals surface area contributed by atoms with E-state index in [1.165, 1.54) is 18.4 Å². The maximum atomic E-state index is 6.16. The number of aromatic nitrogens is 2. The number of hydrogen-bond acceptors (Lipinski definition) is 1. The van der Waals surface area contributed by atoms with Gasteiger partial charge in [0.05, 0.1) is 6.20 Å². The lowest BCUT2D eigenvalue weighted by atomic mass is 10.1. The van der Waals surface area contributed by atoms with Crippen LogP contribution in [0.2, 0.25) is 0 Å². The van der Waals surface area contributed by atoms with Crippen molar-refractivity contribution in [1.29, 1.82) is 0 Å². The molecular weight excluding hydrogens is 208 g/mol. The third kappa shape index (κ3) is 4.70. The maximum absolute atomic E-state index is 6.16. The van der Waals surface area contributed by atoms with E-state index in [9.17, 15) is 0 Å². The third-order valence-corrected chi connectivity index (χ3v) is 3.03. The maximum Gasteiger partial charge on any atom is 0.0521 e. The summed E-state index contributed by atoms with van der Waals surface area (Å²) in [5.41, 5.74) is 1.33. The van der Waals surface area contributed by atoms with Crippen molar-refractivity contribution in [2.45, 2.75) is 57.9 Å². The second-order valence-electron chi connectivity index (χ2n) is 3.98. The number of rotatable bonds is 7. The van der Waals surface area contributed by atoms with E-state index in [0.717, 1.165) is 25.8 Å². The lowest BCUT2D eigenvalue weighted by Crippen LogP contribution is -1.98. The molecule has 15 heavy (non-hydrogen) atoms. The van der Waals surface area contributed by atoms with Gasteiger partial charge in [-0.05, 0) is 38.2 Å². The van der Waals surface area contributed by atoms with Gasteiger partial charge in [-0.2, -0.15) is 5.10 Å². The molecule has 0 amide bonds. The van der Waals surface area contributed by atoms with E-state index in [1.54, 1.807) is 0 Å². The summed E-state index contributed by atoms with van der Waals surface area (Å²) >= 11 is 6.16. The molecule has 3 heteroatoms. The Balaban J connectivity index is 2.19. The summed E-state index contributed by atoms with van der Waals surface area (Å²) in [7, 11) is 0. The van der Waals surface area contributed by atoms with Gasteiger partial charge < -0.3 is 0 Å². The molecule has 1 aromatic rings. The summed E-state index contributed by atoms with van der Waals surface area (Å²) in [6.07, 6.45) is 9.80. The SMILES string of the molecule is CCCC(Cl)CCCc1cnn(CC)c1. The molecule has 1 aromatic heterocycles. The Hall–Kier alpha value is -0.500. The molecular formula is C12H21ClN2. The van der Waals surface area contributed by atoms with Gasteiger partial charge in [-0.15, -0.1) is 11.6 Å². The Morgan fingerprint density at radius 3 is 2.80 bits per heavy atom. The highest BCUT2D eigenvalue weighted by atomic mass is 35.5. The fraction of sp³-hybridized carbons (Fsp3) is 0.750. The van der Waals surface area contributed by atoms with Crippen molar-refractivity contribution in [3.05, 3.63) is 18.0 Å². The monoisotopic (exact) mass is 228 g/mol. The van der Waals surface area contributed by atoms with Crippen LogP contribution < -0.4 is 0 Å². The molecule has 0 saturated carbocycles. The molecule has 0 radical (unpaired) electrons. The van der Waals surface area contributed by atoms with Gasteiger partial charge in [0.25, 0.3) is 0 Å². The van der Waals surface area contributed by atoms with E-state index in [1.807, 2.05) is 10.9 Å². The lowest BCUT2D eigenvalue weighted by Gasteiger charge is -2.06. The lowest BCUT2D eigenvalue weighted by molar-refractivity contribution is 0.638. The van der Waals surface area contributed by atoms with E-state index >= 15 is 0 Å². The normalized spacial score (nSPS) is 13.0. The van der Waals surface area contributed by atoms with Gasteiger partial charge in [0.15, 0.2) is 0 Å². The summed E-state index contributed by atoms with van der Waals surface area (Å²) < 4.78 is 1.97. The van der Waals surface area contributed by atoms with Crippen molar-refractivity contribution in [1.82, 2.24) is 9.78 Å². The molecule has 0 saturated heterocycles. The molecule has 0 aliphatic heterocycles. The Morgan fingerprint density at radius 2 is 2.20 bits per heavy atom. The molecule has 0 spiro atoms. The van der Waals surface area contributed by atoms with E-state index in [4.69, 9.17) is 11.6 Å².